The molecule has 186 valence electrons. The highest BCUT2D eigenvalue weighted by atomic mass is 28.3. The van der Waals surface area contributed by atoms with E-state index >= 15 is 0 Å². The average Bonchev–Trinajstić information content (AvgIpc) is 2.95. The SMILES string of the molecule is CCCC[Si](C#CC(=O)NC(Cc1ccc(C)cc1)c1ccccc1)(c1ccccc1)c1ccccc1. The number of hydrogen-bond acceptors (Lipinski definition) is 1. The van der Waals surface area contributed by atoms with Crippen molar-refractivity contribution in [3.63, 3.8) is 0 Å². The first-order valence-corrected chi connectivity index (χ1v) is 15.4. The molecule has 0 heterocycles. The molecule has 0 bridgehead atoms. The van der Waals surface area contributed by atoms with Crippen LogP contribution in [0.3, 0.4) is 0 Å². The highest BCUT2D eigenvalue weighted by Crippen LogP contribution is 2.19. The van der Waals surface area contributed by atoms with Gasteiger partial charge in [0.25, 0.3) is 5.91 Å². The summed E-state index contributed by atoms with van der Waals surface area (Å²) >= 11 is 0. The number of amides is 1. The molecule has 1 N–H and O–H groups in total. The maximum Gasteiger partial charge on any atom is 0.295 e. The van der Waals surface area contributed by atoms with Gasteiger partial charge in [-0.15, -0.1) is 5.54 Å². The first-order chi connectivity index (χ1) is 18.1. The minimum absolute atomic E-state index is 0.147. The summed E-state index contributed by atoms with van der Waals surface area (Å²) in [6.07, 6.45) is 2.88. The zero-order valence-electron chi connectivity index (χ0n) is 21.8. The van der Waals surface area contributed by atoms with Crippen molar-refractivity contribution in [2.45, 2.75) is 45.2 Å². The van der Waals surface area contributed by atoms with Crippen LogP contribution in [0.4, 0.5) is 0 Å². The Morgan fingerprint density at radius 3 is 1.86 bits per heavy atom. The summed E-state index contributed by atoms with van der Waals surface area (Å²) in [5.74, 6) is 2.87. The van der Waals surface area contributed by atoms with Gasteiger partial charge in [0.15, 0.2) is 8.07 Å². The van der Waals surface area contributed by atoms with E-state index in [1.54, 1.807) is 0 Å². The van der Waals surface area contributed by atoms with Crippen LogP contribution in [0.25, 0.3) is 0 Å². The van der Waals surface area contributed by atoms with Crippen molar-refractivity contribution in [2.75, 3.05) is 0 Å². The monoisotopic (exact) mass is 501 g/mol. The number of hydrogen-bond donors (Lipinski definition) is 1. The van der Waals surface area contributed by atoms with Crippen LogP contribution in [0, 0.1) is 18.4 Å². The molecule has 0 saturated heterocycles. The van der Waals surface area contributed by atoms with E-state index in [1.165, 1.54) is 21.5 Å². The lowest BCUT2D eigenvalue weighted by molar-refractivity contribution is -0.116. The van der Waals surface area contributed by atoms with Crippen molar-refractivity contribution in [3.8, 4) is 11.5 Å². The second-order valence-corrected chi connectivity index (χ2v) is 13.3. The lowest BCUT2D eigenvalue weighted by atomic mass is 9.98. The number of unbranched alkanes of at least 4 members (excludes halogenated alkanes) is 1. The molecule has 0 aromatic heterocycles. The van der Waals surface area contributed by atoms with Gasteiger partial charge in [-0.3, -0.25) is 4.79 Å². The van der Waals surface area contributed by atoms with Gasteiger partial charge in [0.2, 0.25) is 0 Å². The van der Waals surface area contributed by atoms with Gasteiger partial charge in [-0.05, 0) is 46.8 Å². The predicted octanol–water partition coefficient (Wildman–Crippen LogP) is 6.00. The third kappa shape index (κ3) is 6.87. The summed E-state index contributed by atoms with van der Waals surface area (Å²) in [5.41, 5.74) is 7.10. The zero-order chi connectivity index (χ0) is 25.9. The predicted molar refractivity (Wildman–Crippen MR) is 158 cm³/mol. The molecular formula is C34H35NOSi. The summed E-state index contributed by atoms with van der Waals surface area (Å²) in [7, 11) is -2.46. The van der Waals surface area contributed by atoms with Crippen molar-refractivity contribution in [2.24, 2.45) is 0 Å². The lowest BCUT2D eigenvalue weighted by Crippen LogP contribution is -2.57. The Kier molecular flexibility index (Phi) is 9.13. The van der Waals surface area contributed by atoms with E-state index in [0.717, 1.165) is 24.4 Å². The second-order valence-electron chi connectivity index (χ2n) is 9.62. The zero-order valence-corrected chi connectivity index (χ0v) is 22.8. The molecule has 0 aliphatic heterocycles. The van der Waals surface area contributed by atoms with Gasteiger partial charge < -0.3 is 5.32 Å². The Bertz CT molecular complexity index is 1280. The smallest absolute Gasteiger partial charge is 0.295 e. The third-order valence-corrected chi connectivity index (χ3v) is 11.2. The Labute approximate surface area is 222 Å². The molecule has 0 aliphatic rings. The van der Waals surface area contributed by atoms with E-state index in [9.17, 15) is 4.79 Å². The first-order valence-electron chi connectivity index (χ1n) is 13.2. The maximum atomic E-state index is 13.4. The van der Waals surface area contributed by atoms with E-state index in [2.05, 4.69) is 116 Å². The van der Waals surface area contributed by atoms with Crippen molar-refractivity contribution >= 4 is 24.4 Å². The minimum Gasteiger partial charge on any atom is -0.338 e. The number of rotatable bonds is 9. The van der Waals surface area contributed by atoms with Gasteiger partial charge in [0.1, 0.15) is 0 Å². The van der Waals surface area contributed by atoms with Crippen LogP contribution >= 0.6 is 0 Å². The Morgan fingerprint density at radius 1 is 0.784 bits per heavy atom. The summed E-state index contributed by atoms with van der Waals surface area (Å²) in [5, 5.41) is 5.75. The number of carbonyl (C=O) groups is 1. The van der Waals surface area contributed by atoms with E-state index in [0.29, 0.717) is 6.42 Å². The molecule has 4 aromatic carbocycles. The summed E-state index contributed by atoms with van der Waals surface area (Å²) in [4.78, 5) is 13.4. The van der Waals surface area contributed by atoms with E-state index in [1.807, 2.05) is 30.3 Å². The molecule has 4 aromatic rings. The molecular weight excluding hydrogens is 466 g/mol. The van der Waals surface area contributed by atoms with Gasteiger partial charge in [0, 0.05) is 0 Å². The molecule has 3 heteroatoms. The van der Waals surface area contributed by atoms with Gasteiger partial charge >= 0.3 is 0 Å². The van der Waals surface area contributed by atoms with E-state index in [-0.39, 0.29) is 11.9 Å². The normalized spacial score (nSPS) is 11.7. The fraction of sp³-hybridized carbons (Fsp3) is 0.206. The molecule has 4 rings (SSSR count). The fourth-order valence-electron chi connectivity index (χ4n) is 4.80. The maximum absolute atomic E-state index is 13.4. The van der Waals surface area contributed by atoms with Crippen molar-refractivity contribution in [1.82, 2.24) is 5.32 Å². The molecule has 2 nitrogen and oxygen atoms in total. The first kappa shape index (κ1) is 26.2. The summed E-state index contributed by atoms with van der Waals surface area (Å²) in [6, 6.07) is 40.7. The highest BCUT2D eigenvalue weighted by molar-refractivity contribution is 7.08. The molecule has 37 heavy (non-hydrogen) atoms. The number of aryl methyl sites for hydroxylation is 1. The largest absolute Gasteiger partial charge is 0.338 e. The minimum atomic E-state index is -2.46. The van der Waals surface area contributed by atoms with Crippen molar-refractivity contribution in [3.05, 3.63) is 132 Å². The molecule has 1 atom stereocenters. The molecule has 0 saturated carbocycles. The van der Waals surface area contributed by atoms with Crippen molar-refractivity contribution < 1.29 is 4.79 Å². The number of carbonyl (C=O) groups excluding carboxylic acids is 1. The molecule has 0 radical (unpaired) electrons. The van der Waals surface area contributed by atoms with Crippen LogP contribution in [-0.2, 0) is 11.2 Å². The highest BCUT2D eigenvalue weighted by Gasteiger charge is 2.35. The van der Waals surface area contributed by atoms with Crippen LogP contribution < -0.4 is 15.7 Å². The average molecular weight is 502 g/mol. The van der Waals surface area contributed by atoms with Crippen molar-refractivity contribution in [1.29, 1.82) is 0 Å². The van der Waals surface area contributed by atoms with E-state index < -0.39 is 8.07 Å². The Balaban J connectivity index is 1.68. The number of nitrogens with one attached hydrogen (secondary N) is 1. The summed E-state index contributed by atoms with van der Waals surface area (Å²) < 4.78 is 0. The number of benzene rings is 4. The fourth-order valence-corrected chi connectivity index (χ4v) is 8.86. The van der Waals surface area contributed by atoms with Crippen LogP contribution in [0.5, 0.6) is 0 Å². The van der Waals surface area contributed by atoms with Gasteiger partial charge in [-0.1, -0.05) is 141 Å². The lowest BCUT2D eigenvalue weighted by Gasteiger charge is -2.27. The van der Waals surface area contributed by atoms with Crippen LogP contribution in [-0.4, -0.2) is 14.0 Å². The quantitative estimate of drug-likeness (QED) is 0.221. The third-order valence-electron chi connectivity index (χ3n) is 6.90. The molecule has 1 unspecified atom stereocenters. The molecule has 1 amide bonds. The topological polar surface area (TPSA) is 29.1 Å². The second kappa shape index (κ2) is 12.9. The van der Waals surface area contributed by atoms with Gasteiger partial charge in [0.05, 0.1) is 6.04 Å². The van der Waals surface area contributed by atoms with Crippen LogP contribution in [0.2, 0.25) is 6.04 Å². The standard InChI is InChI=1S/C34H35NOSi/c1-3-4-25-37(31-16-10-6-11-17-31,32-18-12-7-13-19-32)26-24-34(36)35-33(30-14-8-5-9-15-30)27-29-22-20-28(2)21-23-29/h5-23,33H,3-4,25,27H2,1-2H3,(H,35,36). The van der Waals surface area contributed by atoms with E-state index in [4.69, 9.17) is 0 Å². The van der Waals surface area contributed by atoms with Crippen LogP contribution in [0.15, 0.2) is 115 Å². The van der Waals surface area contributed by atoms with Crippen LogP contribution in [0.1, 0.15) is 42.5 Å². The Hall–Kier alpha value is -3.87. The van der Waals surface area contributed by atoms with Gasteiger partial charge in [-0.2, -0.15) is 0 Å². The van der Waals surface area contributed by atoms with Gasteiger partial charge in [-0.25, -0.2) is 0 Å². The molecule has 0 spiro atoms. The molecule has 0 aliphatic carbocycles. The Morgan fingerprint density at radius 2 is 1.32 bits per heavy atom. The summed E-state index contributed by atoms with van der Waals surface area (Å²) in [6.45, 7) is 4.30. The molecule has 0 fully saturated rings.